The van der Waals surface area contributed by atoms with E-state index in [1.54, 1.807) is 0 Å². The summed E-state index contributed by atoms with van der Waals surface area (Å²) in [5, 5.41) is 2.77. The van der Waals surface area contributed by atoms with Gasteiger partial charge in [-0.25, -0.2) is 0 Å². The zero-order valence-corrected chi connectivity index (χ0v) is 12.1. The van der Waals surface area contributed by atoms with Gasteiger partial charge in [0.25, 0.3) is 0 Å². The number of hydrogen-bond donors (Lipinski definition) is 2. The zero-order chi connectivity index (χ0) is 14.1. The highest BCUT2D eigenvalue weighted by Crippen LogP contribution is 2.14. The van der Waals surface area contributed by atoms with Crippen molar-refractivity contribution in [2.45, 2.75) is 25.8 Å². The first-order valence-electron chi connectivity index (χ1n) is 6.55. The van der Waals surface area contributed by atoms with Gasteiger partial charge in [-0.1, -0.05) is 37.3 Å². The van der Waals surface area contributed by atoms with E-state index in [0.717, 1.165) is 5.56 Å². The number of rotatable bonds is 8. The molecule has 106 valence electrons. The van der Waals surface area contributed by atoms with Crippen molar-refractivity contribution in [3.8, 4) is 0 Å². The Morgan fingerprint density at radius 2 is 2.05 bits per heavy atom. The Hall–Kier alpha value is -1.20. The summed E-state index contributed by atoms with van der Waals surface area (Å²) in [6.07, 6.45) is 1.02. The first kappa shape index (κ1) is 15.9. The fourth-order valence-electron chi connectivity index (χ4n) is 1.69. The lowest BCUT2D eigenvalue weighted by Gasteiger charge is -2.11. The zero-order valence-electron chi connectivity index (χ0n) is 11.3. The van der Waals surface area contributed by atoms with Crippen molar-refractivity contribution >= 4 is 16.7 Å². The smallest absolute Gasteiger partial charge is 0.220 e. The van der Waals surface area contributed by atoms with E-state index in [9.17, 15) is 9.00 Å². The lowest BCUT2D eigenvalue weighted by Crippen LogP contribution is -2.28. The molecule has 19 heavy (non-hydrogen) atoms. The fraction of sp³-hybridized carbons (Fsp3) is 0.500. The highest BCUT2D eigenvalue weighted by molar-refractivity contribution is 7.84. The number of nitrogens with one attached hydrogen (secondary N) is 1. The summed E-state index contributed by atoms with van der Waals surface area (Å²) in [4.78, 5) is 11.6. The number of carbonyl (C=O) groups excluding carboxylic acids is 1. The van der Waals surface area contributed by atoms with Crippen LogP contribution in [-0.2, 0) is 15.6 Å². The molecule has 1 aromatic rings. The molecule has 0 aliphatic carbocycles. The van der Waals surface area contributed by atoms with Crippen molar-refractivity contribution in [3.63, 3.8) is 0 Å². The van der Waals surface area contributed by atoms with Crippen LogP contribution in [0.1, 0.15) is 31.4 Å². The van der Waals surface area contributed by atoms with Gasteiger partial charge < -0.3 is 11.1 Å². The van der Waals surface area contributed by atoms with Crippen molar-refractivity contribution in [3.05, 3.63) is 35.9 Å². The van der Waals surface area contributed by atoms with Crippen molar-refractivity contribution in [1.82, 2.24) is 5.32 Å². The molecule has 0 heterocycles. The second-order valence-electron chi connectivity index (χ2n) is 4.34. The third kappa shape index (κ3) is 6.50. The Morgan fingerprint density at radius 1 is 1.37 bits per heavy atom. The van der Waals surface area contributed by atoms with Gasteiger partial charge in [-0.15, -0.1) is 0 Å². The molecule has 1 aromatic carbocycles. The van der Waals surface area contributed by atoms with Crippen molar-refractivity contribution in [1.29, 1.82) is 0 Å². The predicted molar refractivity (Wildman–Crippen MR) is 79.2 cm³/mol. The van der Waals surface area contributed by atoms with Gasteiger partial charge in [-0.2, -0.15) is 0 Å². The Labute approximate surface area is 117 Å². The molecule has 5 heteroatoms. The van der Waals surface area contributed by atoms with E-state index in [-0.39, 0.29) is 11.9 Å². The standard InChI is InChI=1S/C14H22N2O2S/c1-2-19(18)11-10-16-14(17)9-8-13(15)12-6-4-3-5-7-12/h3-7,13H,2,8-11,15H2,1H3,(H,16,17). The Morgan fingerprint density at radius 3 is 2.68 bits per heavy atom. The minimum atomic E-state index is -0.825. The normalized spacial score (nSPS) is 13.8. The number of amides is 1. The van der Waals surface area contributed by atoms with Gasteiger partial charge in [0.15, 0.2) is 0 Å². The molecule has 2 unspecified atom stereocenters. The van der Waals surface area contributed by atoms with Crippen LogP contribution in [0, 0.1) is 0 Å². The monoisotopic (exact) mass is 282 g/mol. The van der Waals surface area contributed by atoms with E-state index >= 15 is 0 Å². The second-order valence-corrected chi connectivity index (χ2v) is 6.20. The third-order valence-electron chi connectivity index (χ3n) is 2.88. The molecular weight excluding hydrogens is 260 g/mol. The van der Waals surface area contributed by atoms with E-state index in [4.69, 9.17) is 5.73 Å². The maximum atomic E-state index is 11.6. The molecule has 0 saturated carbocycles. The number of hydrogen-bond acceptors (Lipinski definition) is 3. The van der Waals surface area contributed by atoms with Gasteiger partial charge in [-0.3, -0.25) is 9.00 Å². The van der Waals surface area contributed by atoms with Crippen LogP contribution in [0.5, 0.6) is 0 Å². The molecule has 0 aromatic heterocycles. The summed E-state index contributed by atoms with van der Waals surface area (Å²) in [6, 6.07) is 9.64. The van der Waals surface area contributed by atoms with Crippen molar-refractivity contribution in [2.24, 2.45) is 5.73 Å². The van der Waals surface area contributed by atoms with Crippen LogP contribution in [0.25, 0.3) is 0 Å². The minimum absolute atomic E-state index is 0.0283. The van der Waals surface area contributed by atoms with Crippen LogP contribution in [0.4, 0.5) is 0 Å². The van der Waals surface area contributed by atoms with E-state index < -0.39 is 10.8 Å². The van der Waals surface area contributed by atoms with Crippen LogP contribution >= 0.6 is 0 Å². The lowest BCUT2D eigenvalue weighted by molar-refractivity contribution is -0.121. The SMILES string of the molecule is CCS(=O)CCNC(=O)CCC(N)c1ccccc1. The Kier molecular flexibility index (Phi) is 7.36. The first-order valence-corrected chi connectivity index (χ1v) is 8.04. The van der Waals surface area contributed by atoms with Gasteiger partial charge in [0, 0.05) is 41.3 Å². The van der Waals surface area contributed by atoms with E-state index in [0.29, 0.717) is 30.9 Å². The molecule has 0 aliphatic heterocycles. The van der Waals surface area contributed by atoms with E-state index in [2.05, 4.69) is 5.32 Å². The van der Waals surface area contributed by atoms with E-state index in [1.807, 2.05) is 37.3 Å². The molecule has 3 N–H and O–H groups in total. The first-order chi connectivity index (χ1) is 9.13. The van der Waals surface area contributed by atoms with Crippen LogP contribution in [0.15, 0.2) is 30.3 Å². The predicted octanol–water partition coefficient (Wildman–Crippen LogP) is 1.35. The minimum Gasteiger partial charge on any atom is -0.355 e. The number of benzene rings is 1. The van der Waals surface area contributed by atoms with Gasteiger partial charge >= 0.3 is 0 Å². The maximum Gasteiger partial charge on any atom is 0.220 e. The van der Waals surface area contributed by atoms with Gasteiger partial charge in [-0.05, 0) is 12.0 Å². The summed E-state index contributed by atoms with van der Waals surface area (Å²) < 4.78 is 11.2. The van der Waals surface area contributed by atoms with Crippen LogP contribution in [0.2, 0.25) is 0 Å². The molecule has 1 amide bonds. The topological polar surface area (TPSA) is 72.2 Å². The molecule has 0 fully saturated rings. The largest absolute Gasteiger partial charge is 0.355 e. The lowest BCUT2D eigenvalue weighted by atomic mass is 10.0. The van der Waals surface area contributed by atoms with Crippen LogP contribution < -0.4 is 11.1 Å². The Balaban J connectivity index is 2.21. The van der Waals surface area contributed by atoms with Crippen LogP contribution in [0.3, 0.4) is 0 Å². The molecule has 0 radical (unpaired) electrons. The molecule has 1 rings (SSSR count). The average Bonchev–Trinajstić information content (AvgIpc) is 2.45. The van der Waals surface area contributed by atoms with Crippen molar-refractivity contribution in [2.75, 3.05) is 18.1 Å². The van der Waals surface area contributed by atoms with Gasteiger partial charge in [0.1, 0.15) is 0 Å². The summed E-state index contributed by atoms with van der Waals surface area (Å²) in [5.74, 6) is 1.13. The van der Waals surface area contributed by atoms with Crippen molar-refractivity contribution < 1.29 is 9.00 Å². The highest BCUT2D eigenvalue weighted by atomic mass is 32.2. The third-order valence-corrected chi connectivity index (χ3v) is 4.19. The summed E-state index contributed by atoms with van der Waals surface area (Å²) in [7, 11) is -0.825. The quantitative estimate of drug-likeness (QED) is 0.756. The molecule has 0 spiro atoms. The maximum absolute atomic E-state index is 11.6. The van der Waals surface area contributed by atoms with Crippen LogP contribution in [-0.4, -0.2) is 28.2 Å². The molecule has 0 bridgehead atoms. The number of carbonyl (C=O) groups is 1. The fourth-order valence-corrected chi connectivity index (χ4v) is 2.31. The summed E-state index contributed by atoms with van der Waals surface area (Å²) in [5.41, 5.74) is 7.06. The van der Waals surface area contributed by atoms with Gasteiger partial charge in [0.2, 0.25) is 5.91 Å². The second kappa shape index (κ2) is 8.82. The molecule has 0 aliphatic rings. The molecule has 0 saturated heterocycles. The van der Waals surface area contributed by atoms with E-state index in [1.165, 1.54) is 0 Å². The number of nitrogens with two attached hydrogens (primary N) is 1. The highest BCUT2D eigenvalue weighted by Gasteiger charge is 2.08. The van der Waals surface area contributed by atoms with Gasteiger partial charge in [0.05, 0.1) is 0 Å². The molecule has 4 nitrogen and oxygen atoms in total. The summed E-state index contributed by atoms with van der Waals surface area (Å²) >= 11 is 0. The molecule has 2 atom stereocenters. The summed E-state index contributed by atoms with van der Waals surface area (Å²) in [6.45, 7) is 2.34. The average molecular weight is 282 g/mol. The molecular formula is C14H22N2O2S. The Bertz CT molecular complexity index is 409.